The third-order valence-electron chi connectivity index (χ3n) is 5.31. The van der Waals surface area contributed by atoms with E-state index in [-0.39, 0.29) is 10.7 Å². The Morgan fingerprint density at radius 3 is 2.35 bits per heavy atom. The van der Waals surface area contributed by atoms with Crippen LogP contribution in [-0.2, 0) is 14.9 Å². The van der Waals surface area contributed by atoms with Gasteiger partial charge < -0.3 is 9.64 Å². The van der Waals surface area contributed by atoms with Crippen molar-refractivity contribution in [3.05, 3.63) is 58.6 Å². The van der Waals surface area contributed by atoms with Crippen molar-refractivity contribution < 1.29 is 23.1 Å². The number of carbonyl (C=O) groups excluding carboxylic acids is 2. The van der Waals surface area contributed by atoms with Gasteiger partial charge in [0.2, 0.25) is 0 Å². The Morgan fingerprint density at radius 1 is 1.13 bits per heavy atom. The Bertz CT molecular complexity index is 1050. The number of anilines is 2. The van der Waals surface area contributed by atoms with E-state index in [1.54, 1.807) is 32.9 Å². The highest BCUT2D eigenvalue weighted by molar-refractivity contribution is 6.31. The molecule has 0 bridgehead atoms. The van der Waals surface area contributed by atoms with Gasteiger partial charge in [-0.3, -0.25) is 9.69 Å². The number of hydrogen-bond donors (Lipinski definition) is 0. The van der Waals surface area contributed by atoms with Crippen LogP contribution in [0.15, 0.2) is 36.4 Å². The Balaban J connectivity index is 2.09. The lowest BCUT2D eigenvalue weighted by atomic mass is 9.80. The molecule has 0 fully saturated rings. The number of halogens is 3. The fraction of sp³-hybridized carbons (Fsp3) is 0.391. The number of carbonyl (C=O) groups is 2. The predicted molar refractivity (Wildman–Crippen MR) is 117 cm³/mol. The van der Waals surface area contributed by atoms with E-state index in [9.17, 15) is 18.4 Å². The van der Waals surface area contributed by atoms with Crippen molar-refractivity contribution in [2.75, 3.05) is 16.8 Å². The van der Waals surface area contributed by atoms with Gasteiger partial charge in [-0.1, -0.05) is 43.6 Å². The topological polar surface area (TPSA) is 49.9 Å². The van der Waals surface area contributed by atoms with Gasteiger partial charge in [0, 0.05) is 18.5 Å². The van der Waals surface area contributed by atoms with Gasteiger partial charge in [-0.15, -0.1) is 0 Å². The zero-order valence-electron chi connectivity index (χ0n) is 18.3. The van der Waals surface area contributed by atoms with Crippen LogP contribution in [0.2, 0.25) is 5.02 Å². The molecule has 1 atom stereocenters. The largest absolute Gasteiger partial charge is 0.443 e. The molecule has 0 N–H and O–H groups in total. The van der Waals surface area contributed by atoms with Gasteiger partial charge in [0.25, 0.3) is 5.91 Å². The van der Waals surface area contributed by atoms with E-state index in [1.165, 1.54) is 11.9 Å². The molecule has 3 rings (SSSR count). The Hall–Kier alpha value is -2.67. The molecule has 31 heavy (non-hydrogen) atoms. The van der Waals surface area contributed by atoms with Crippen LogP contribution in [0.1, 0.15) is 40.2 Å². The van der Waals surface area contributed by atoms with Gasteiger partial charge >= 0.3 is 6.09 Å². The summed E-state index contributed by atoms with van der Waals surface area (Å²) in [6.45, 7) is 8.87. The molecule has 0 aliphatic carbocycles. The number of rotatable bonds is 2. The normalized spacial score (nSPS) is 17.3. The maximum atomic E-state index is 14.5. The molecule has 2 aromatic carbocycles. The maximum Gasteiger partial charge on any atom is 0.415 e. The molecule has 1 aliphatic heterocycles. The fourth-order valence-corrected chi connectivity index (χ4v) is 4.00. The molecular formula is C23H25ClF2N2O3. The Kier molecular flexibility index (Phi) is 5.78. The van der Waals surface area contributed by atoms with E-state index in [1.807, 2.05) is 26.0 Å². The molecule has 0 spiro atoms. The minimum Gasteiger partial charge on any atom is -0.443 e. The van der Waals surface area contributed by atoms with E-state index in [2.05, 4.69) is 0 Å². The molecule has 1 aliphatic rings. The van der Waals surface area contributed by atoms with Crippen molar-refractivity contribution in [1.29, 1.82) is 0 Å². The zero-order valence-corrected chi connectivity index (χ0v) is 19.1. The average Bonchev–Trinajstić information content (AvgIpc) is 2.90. The molecule has 0 aromatic heterocycles. The Labute approximate surface area is 185 Å². The SMILES string of the molecule is CN(C(=O)C1N(C(=O)OC(C)(C)C)c2ccccc2C1(C)C)c1cc(Cl)c(F)cc1F. The van der Waals surface area contributed by atoms with Crippen molar-refractivity contribution >= 4 is 35.0 Å². The first-order valence-corrected chi connectivity index (χ1v) is 10.2. The van der Waals surface area contributed by atoms with Crippen LogP contribution in [0.25, 0.3) is 0 Å². The molecular weight excluding hydrogens is 426 g/mol. The molecule has 8 heteroatoms. The van der Waals surface area contributed by atoms with Crippen molar-refractivity contribution in [2.24, 2.45) is 0 Å². The van der Waals surface area contributed by atoms with E-state index in [0.717, 1.165) is 16.5 Å². The number of ether oxygens (including phenoxy) is 1. The molecule has 2 aromatic rings. The molecule has 2 amide bonds. The third kappa shape index (κ3) is 4.11. The molecule has 1 heterocycles. The molecule has 5 nitrogen and oxygen atoms in total. The second-order valence-corrected chi connectivity index (χ2v) is 9.51. The third-order valence-corrected chi connectivity index (χ3v) is 5.59. The van der Waals surface area contributed by atoms with Crippen LogP contribution in [0.5, 0.6) is 0 Å². The molecule has 0 saturated heterocycles. The van der Waals surface area contributed by atoms with Gasteiger partial charge in [0.1, 0.15) is 23.3 Å². The summed E-state index contributed by atoms with van der Waals surface area (Å²) < 4.78 is 33.6. The minimum absolute atomic E-state index is 0.188. The minimum atomic E-state index is -1.02. The number of likely N-dealkylation sites (N-methyl/N-ethyl adjacent to an activating group) is 1. The second kappa shape index (κ2) is 7.79. The van der Waals surface area contributed by atoms with Crippen LogP contribution in [0.3, 0.4) is 0 Å². The van der Waals surface area contributed by atoms with Crippen LogP contribution >= 0.6 is 11.6 Å². The van der Waals surface area contributed by atoms with E-state index in [4.69, 9.17) is 16.3 Å². The summed E-state index contributed by atoms with van der Waals surface area (Å²) in [4.78, 5) is 29.1. The quantitative estimate of drug-likeness (QED) is 0.553. The van der Waals surface area contributed by atoms with Crippen LogP contribution in [-0.4, -0.2) is 30.7 Å². The first kappa shape index (κ1) is 23.0. The van der Waals surface area contributed by atoms with Crippen molar-refractivity contribution in [1.82, 2.24) is 0 Å². The summed E-state index contributed by atoms with van der Waals surface area (Å²) in [5.41, 5.74) is -0.447. The first-order chi connectivity index (χ1) is 14.3. The lowest BCUT2D eigenvalue weighted by molar-refractivity contribution is -0.120. The van der Waals surface area contributed by atoms with Crippen molar-refractivity contribution in [3.8, 4) is 0 Å². The summed E-state index contributed by atoms with van der Waals surface area (Å²) >= 11 is 5.81. The van der Waals surface area contributed by atoms with Crippen molar-refractivity contribution in [3.63, 3.8) is 0 Å². The number of nitrogens with zero attached hydrogens (tertiary/aromatic N) is 2. The van der Waals surface area contributed by atoms with E-state index in [0.29, 0.717) is 11.8 Å². The zero-order chi connectivity index (χ0) is 23.3. The first-order valence-electron chi connectivity index (χ1n) is 9.79. The standard InChI is InChI=1S/C23H25ClF2N2O3/c1-22(2,3)31-21(30)28-17-10-8-7-9-13(17)23(4,5)19(28)20(29)27(6)18-11-14(24)15(25)12-16(18)26/h7-12,19H,1-6H3. The highest BCUT2D eigenvalue weighted by atomic mass is 35.5. The number of benzene rings is 2. The summed E-state index contributed by atoms with van der Waals surface area (Å²) in [5.74, 6) is -2.42. The van der Waals surface area contributed by atoms with Crippen LogP contribution < -0.4 is 9.80 Å². The summed E-state index contributed by atoms with van der Waals surface area (Å²) in [6.07, 6.45) is -0.685. The lowest BCUT2D eigenvalue weighted by Gasteiger charge is -2.35. The molecule has 0 saturated carbocycles. The summed E-state index contributed by atoms with van der Waals surface area (Å²) in [5, 5.41) is -0.311. The summed E-state index contributed by atoms with van der Waals surface area (Å²) in [7, 11) is 1.36. The Morgan fingerprint density at radius 2 is 1.74 bits per heavy atom. The van der Waals surface area contributed by atoms with Gasteiger partial charge in [0.15, 0.2) is 0 Å². The monoisotopic (exact) mass is 450 g/mol. The van der Waals surface area contributed by atoms with E-state index < -0.39 is 40.7 Å². The van der Waals surface area contributed by atoms with Crippen LogP contribution in [0, 0.1) is 11.6 Å². The van der Waals surface area contributed by atoms with Gasteiger partial charge in [-0.2, -0.15) is 0 Å². The smallest absolute Gasteiger partial charge is 0.415 e. The van der Waals surface area contributed by atoms with Crippen LogP contribution in [0.4, 0.5) is 25.0 Å². The molecule has 166 valence electrons. The molecule has 1 unspecified atom stereocenters. The number of hydrogen-bond acceptors (Lipinski definition) is 3. The highest BCUT2D eigenvalue weighted by Crippen LogP contribution is 2.46. The van der Waals surface area contributed by atoms with Gasteiger partial charge in [-0.25, -0.2) is 13.6 Å². The van der Waals surface area contributed by atoms with Gasteiger partial charge in [0.05, 0.1) is 16.4 Å². The second-order valence-electron chi connectivity index (χ2n) is 9.11. The predicted octanol–water partition coefficient (Wildman–Crippen LogP) is 5.68. The highest BCUT2D eigenvalue weighted by Gasteiger charge is 2.53. The summed E-state index contributed by atoms with van der Waals surface area (Å²) in [6, 6.07) is 7.83. The maximum absolute atomic E-state index is 14.5. The average molecular weight is 451 g/mol. The molecule has 0 radical (unpaired) electrons. The number of amides is 2. The van der Waals surface area contributed by atoms with E-state index >= 15 is 0 Å². The lowest BCUT2D eigenvalue weighted by Crippen LogP contribution is -2.55. The van der Waals surface area contributed by atoms with Gasteiger partial charge in [-0.05, 0) is 38.5 Å². The fourth-order valence-electron chi connectivity index (χ4n) is 3.84. The number of para-hydroxylation sites is 1. The number of fused-ring (bicyclic) bond motifs is 1. The van der Waals surface area contributed by atoms with Crippen molar-refractivity contribution in [2.45, 2.75) is 51.7 Å².